The summed E-state index contributed by atoms with van der Waals surface area (Å²) in [5.74, 6) is 2.10. The van der Waals surface area contributed by atoms with Gasteiger partial charge in [-0.2, -0.15) is 0 Å². The second kappa shape index (κ2) is 11.9. The van der Waals surface area contributed by atoms with Gasteiger partial charge in [-0.1, -0.05) is 0 Å². The van der Waals surface area contributed by atoms with Gasteiger partial charge in [0.25, 0.3) is 0 Å². The molecule has 7 nitrogen and oxygen atoms in total. The minimum absolute atomic E-state index is 0. The zero-order chi connectivity index (χ0) is 18.9. The molecule has 2 rings (SSSR count). The Hall–Kier alpha value is -1.75. The SMILES string of the molecule is CCNC(=NCc1csc(N(C)C)n1)Nc1ccc(OCC)c(OC)c1.I. The minimum atomic E-state index is 0. The maximum Gasteiger partial charge on any atom is 0.196 e. The normalized spacial score (nSPS) is 10.8. The van der Waals surface area contributed by atoms with E-state index in [4.69, 9.17) is 9.47 Å². The third-order valence-corrected chi connectivity index (χ3v) is 4.45. The van der Waals surface area contributed by atoms with Crippen molar-refractivity contribution in [2.24, 2.45) is 4.99 Å². The Morgan fingerprint density at radius 3 is 2.63 bits per heavy atom. The van der Waals surface area contributed by atoms with Crippen LogP contribution >= 0.6 is 35.3 Å². The zero-order valence-corrected chi connectivity index (χ0v) is 19.6. The molecular formula is C18H28IN5O2S. The van der Waals surface area contributed by atoms with E-state index < -0.39 is 0 Å². The van der Waals surface area contributed by atoms with E-state index in [1.54, 1.807) is 18.4 Å². The molecule has 2 N–H and O–H groups in total. The quantitative estimate of drug-likeness (QED) is 0.323. The van der Waals surface area contributed by atoms with Gasteiger partial charge in [-0.05, 0) is 26.0 Å². The van der Waals surface area contributed by atoms with E-state index in [-0.39, 0.29) is 24.0 Å². The van der Waals surface area contributed by atoms with E-state index in [2.05, 4.69) is 20.6 Å². The van der Waals surface area contributed by atoms with Crippen LogP contribution in [-0.2, 0) is 6.54 Å². The molecule has 0 amide bonds. The van der Waals surface area contributed by atoms with Crippen LogP contribution in [0.2, 0.25) is 0 Å². The number of halogens is 1. The number of methoxy groups -OCH3 is 1. The van der Waals surface area contributed by atoms with E-state index in [1.165, 1.54) is 0 Å². The number of aliphatic imine (C=N–C) groups is 1. The molecule has 0 bridgehead atoms. The van der Waals surface area contributed by atoms with Gasteiger partial charge in [0, 0.05) is 37.8 Å². The number of thiazole rings is 1. The lowest BCUT2D eigenvalue weighted by atomic mass is 10.2. The molecule has 0 atom stereocenters. The van der Waals surface area contributed by atoms with Gasteiger partial charge >= 0.3 is 0 Å². The van der Waals surface area contributed by atoms with Crippen molar-refractivity contribution in [2.75, 3.05) is 44.6 Å². The van der Waals surface area contributed by atoms with Crippen LogP contribution in [0.15, 0.2) is 28.6 Å². The van der Waals surface area contributed by atoms with Crippen molar-refractivity contribution in [2.45, 2.75) is 20.4 Å². The molecule has 9 heteroatoms. The topological polar surface area (TPSA) is 71.0 Å². The monoisotopic (exact) mass is 505 g/mol. The number of hydrogen-bond donors (Lipinski definition) is 2. The largest absolute Gasteiger partial charge is 0.493 e. The Balaban J connectivity index is 0.00000364. The Kier molecular flexibility index (Phi) is 10.2. The number of aromatic nitrogens is 1. The van der Waals surface area contributed by atoms with Crippen LogP contribution in [0.1, 0.15) is 19.5 Å². The summed E-state index contributed by atoms with van der Waals surface area (Å²) < 4.78 is 10.9. The van der Waals surface area contributed by atoms with Gasteiger partial charge in [0.1, 0.15) is 0 Å². The fraction of sp³-hybridized carbons (Fsp3) is 0.444. The summed E-state index contributed by atoms with van der Waals surface area (Å²) in [5.41, 5.74) is 1.82. The molecule has 0 aliphatic heterocycles. The number of ether oxygens (including phenoxy) is 2. The van der Waals surface area contributed by atoms with Crippen LogP contribution in [0.3, 0.4) is 0 Å². The lowest BCUT2D eigenvalue weighted by Crippen LogP contribution is -2.30. The molecule has 0 fully saturated rings. The number of guanidine groups is 1. The van der Waals surface area contributed by atoms with Crippen LogP contribution in [0.25, 0.3) is 0 Å². The van der Waals surface area contributed by atoms with Gasteiger partial charge in [-0.25, -0.2) is 9.98 Å². The molecule has 0 spiro atoms. The average Bonchev–Trinajstić information content (AvgIpc) is 3.10. The Bertz CT molecular complexity index is 736. The van der Waals surface area contributed by atoms with Crippen molar-refractivity contribution in [3.8, 4) is 11.5 Å². The molecule has 0 saturated carbocycles. The first-order valence-electron chi connectivity index (χ1n) is 8.55. The molecule has 0 saturated heterocycles. The molecule has 0 aliphatic rings. The standard InChI is InChI=1S/C18H27N5O2S.HI/c1-6-19-17(20-11-14-12-26-18(22-14)23(3)4)21-13-8-9-15(25-7-2)16(10-13)24-5;/h8-10,12H,6-7,11H2,1-5H3,(H2,19,20,21);1H. The maximum atomic E-state index is 5.55. The number of nitrogens with one attached hydrogen (secondary N) is 2. The predicted molar refractivity (Wildman–Crippen MR) is 124 cm³/mol. The van der Waals surface area contributed by atoms with Crippen molar-refractivity contribution < 1.29 is 9.47 Å². The van der Waals surface area contributed by atoms with Crippen LogP contribution in [0.5, 0.6) is 11.5 Å². The van der Waals surface area contributed by atoms with Crippen molar-refractivity contribution in [3.05, 3.63) is 29.3 Å². The number of anilines is 2. The lowest BCUT2D eigenvalue weighted by Gasteiger charge is -2.14. The van der Waals surface area contributed by atoms with Crippen molar-refractivity contribution in [1.82, 2.24) is 10.3 Å². The van der Waals surface area contributed by atoms with Crippen molar-refractivity contribution >= 4 is 52.1 Å². The predicted octanol–water partition coefficient (Wildman–Crippen LogP) is 3.81. The highest BCUT2D eigenvalue weighted by atomic mass is 127. The van der Waals surface area contributed by atoms with Gasteiger partial charge in [0.2, 0.25) is 0 Å². The number of hydrogen-bond acceptors (Lipinski definition) is 6. The first-order valence-corrected chi connectivity index (χ1v) is 9.43. The van der Waals surface area contributed by atoms with Gasteiger partial charge < -0.3 is 25.0 Å². The van der Waals surface area contributed by atoms with Crippen LogP contribution in [-0.4, -0.2) is 45.3 Å². The number of rotatable bonds is 8. The molecule has 0 unspecified atom stereocenters. The average molecular weight is 505 g/mol. The van der Waals surface area contributed by atoms with E-state index in [0.29, 0.717) is 24.9 Å². The molecule has 2 aromatic rings. The minimum Gasteiger partial charge on any atom is -0.493 e. The van der Waals surface area contributed by atoms with Gasteiger partial charge in [-0.3, -0.25) is 0 Å². The summed E-state index contributed by atoms with van der Waals surface area (Å²) >= 11 is 1.61. The second-order valence-corrected chi connectivity index (χ2v) is 6.47. The number of benzene rings is 1. The first-order chi connectivity index (χ1) is 12.6. The molecular weight excluding hydrogens is 477 g/mol. The van der Waals surface area contributed by atoms with Crippen LogP contribution in [0.4, 0.5) is 10.8 Å². The molecule has 0 radical (unpaired) electrons. The summed E-state index contributed by atoms with van der Waals surface area (Å²) in [7, 11) is 5.60. The third-order valence-electron chi connectivity index (χ3n) is 3.39. The molecule has 1 aromatic heterocycles. The highest BCUT2D eigenvalue weighted by Gasteiger charge is 2.08. The smallest absolute Gasteiger partial charge is 0.196 e. The van der Waals surface area contributed by atoms with E-state index >= 15 is 0 Å². The zero-order valence-electron chi connectivity index (χ0n) is 16.4. The fourth-order valence-electron chi connectivity index (χ4n) is 2.20. The van der Waals surface area contributed by atoms with Crippen LogP contribution < -0.4 is 25.0 Å². The van der Waals surface area contributed by atoms with E-state index in [0.717, 1.165) is 28.8 Å². The van der Waals surface area contributed by atoms with Crippen molar-refractivity contribution in [3.63, 3.8) is 0 Å². The Morgan fingerprint density at radius 1 is 1.26 bits per heavy atom. The molecule has 150 valence electrons. The summed E-state index contributed by atoms with van der Waals surface area (Å²) in [6.07, 6.45) is 0. The second-order valence-electron chi connectivity index (χ2n) is 5.63. The lowest BCUT2D eigenvalue weighted by molar-refractivity contribution is 0.311. The molecule has 1 heterocycles. The number of nitrogens with zero attached hydrogens (tertiary/aromatic N) is 3. The highest BCUT2D eigenvalue weighted by Crippen LogP contribution is 2.30. The van der Waals surface area contributed by atoms with Gasteiger partial charge in [-0.15, -0.1) is 35.3 Å². The van der Waals surface area contributed by atoms with Crippen molar-refractivity contribution in [1.29, 1.82) is 0 Å². The molecule has 0 aliphatic carbocycles. The Labute approximate surface area is 182 Å². The first kappa shape index (κ1) is 23.3. The summed E-state index contributed by atoms with van der Waals surface area (Å²) in [5, 5.41) is 9.54. The van der Waals surface area contributed by atoms with Gasteiger partial charge in [0.05, 0.1) is 26.0 Å². The highest BCUT2D eigenvalue weighted by molar-refractivity contribution is 14.0. The molecule has 27 heavy (non-hydrogen) atoms. The van der Waals surface area contributed by atoms with E-state index in [1.807, 2.05) is 56.4 Å². The summed E-state index contributed by atoms with van der Waals surface area (Å²) in [6.45, 7) is 5.84. The Morgan fingerprint density at radius 2 is 2.04 bits per heavy atom. The summed E-state index contributed by atoms with van der Waals surface area (Å²) in [4.78, 5) is 11.2. The van der Waals surface area contributed by atoms with Gasteiger partial charge in [0.15, 0.2) is 22.6 Å². The maximum absolute atomic E-state index is 5.55. The van der Waals surface area contributed by atoms with Crippen LogP contribution in [0, 0.1) is 0 Å². The van der Waals surface area contributed by atoms with E-state index in [9.17, 15) is 0 Å². The third kappa shape index (κ3) is 7.06. The fourth-order valence-corrected chi connectivity index (χ4v) is 2.95. The molecule has 1 aromatic carbocycles. The summed E-state index contributed by atoms with van der Waals surface area (Å²) in [6, 6.07) is 5.72.